The van der Waals surface area contributed by atoms with Crippen molar-refractivity contribution in [3.05, 3.63) is 122 Å². The van der Waals surface area contributed by atoms with Gasteiger partial charge < -0.3 is 5.32 Å². The minimum Gasteiger partial charge on any atom is -0.322 e. The predicted octanol–water partition coefficient (Wildman–Crippen LogP) is 7.20. The van der Waals surface area contributed by atoms with E-state index in [2.05, 4.69) is 15.6 Å². The van der Waals surface area contributed by atoms with E-state index in [4.69, 9.17) is 0 Å². The zero-order valence-corrected chi connectivity index (χ0v) is 26.8. The van der Waals surface area contributed by atoms with Crippen molar-refractivity contribution in [1.29, 1.82) is 0 Å². The van der Waals surface area contributed by atoms with Gasteiger partial charge in [-0.05, 0) is 91.6 Å². The van der Waals surface area contributed by atoms with Gasteiger partial charge in [-0.3, -0.25) is 29.8 Å². The zero-order chi connectivity index (χ0) is 33.4. The van der Waals surface area contributed by atoms with Crippen LogP contribution >= 0.6 is 23.1 Å². The SMILES string of the molecule is Cc1ccc(N2C(=O)NC(=O)/C(=C\c3ccc(Sc4nc5ccc(NC(=O)c6ccccc6C)cc5s4)c([N+](=O)[O-])c3)C2=O)cc1C. The fourth-order valence-electron chi connectivity index (χ4n) is 4.92. The molecule has 5 amide bonds. The lowest BCUT2D eigenvalue weighted by Crippen LogP contribution is -2.54. The summed E-state index contributed by atoms with van der Waals surface area (Å²) in [5, 5.41) is 17.2. The summed E-state index contributed by atoms with van der Waals surface area (Å²) in [6.07, 6.45) is 1.23. The number of nitro benzene ring substituents is 1. The molecule has 1 aliphatic heterocycles. The monoisotopic (exact) mass is 663 g/mol. The Labute approximate surface area is 276 Å². The first kappa shape index (κ1) is 31.3. The summed E-state index contributed by atoms with van der Waals surface area (Å²) < 4.78 is 1.32. The van der Waals surface area contributed by atoms with Crippen LogP contribution in [0.15, 0.2) is 93.7 Å². The van der Waals surface area contributed by atoms with Crippen molar-refractivity contribution in [3.63, 3.8) is 0 Å². The molecule has 0 saturated carbocycles. The van der Waals surface area contributed by atoms with Gasteiger partial charge >= 0.3 is 6.03 Å². The number of hydrogen-bond donors (Lipinski definition) is 2. The van der Waals surface area contributed by atoms with Gasteiger partial charge in [0.1, 0.15) is 5.57 Å². The number of carbonyl (C=O) groups excluding carboxylic acids is 4. The molecule has 13 heteroatoms. The number of aryl methyl sites for hydroxylation is 3. The van der Waals surface area contributed by atoms with Crippen LogP contribution in [0.5, 0.6) is 0 Å². The largest absolute Gasteiger partial charge is 0.335 e. The van der Waals surface area contributed by atoms with Gasteiger partial charge in [-0.15, -0.1) is 11.3 Å². The second-order valence-electron chi connectivity index (χ2n) is 10.7. The average Bonchev–Trinajstić information content (AvgIpc) is 3.43. The summed E-state index contributed by atoms with van der Waals surface area (Å²) in [6.45, 7) is 5.59. The third kappa shape index (κ3) is 6.39. The molecule has 1 fully saturated rings. The standard InChI is InChI=1S/C34H25N5O6S2/c1-18-8-11-23(14-20(18)3)38-32(42)25(31(41)37-33(38)43)15-21-9-13-28(27(16-21)39(44)45)46-34-36-26-12-10-22(17-29(26)47-34)35-30(40)24-7-5-4-6-19(24)2/h4-17H,1-3H3,(H,35,40)(H,37,41,43)/b25-15+. The molecule has 2 N–H and O–H groups in total. The van der Waals surface area contributed by atoms with E-state index in [1.807, 2.05) is 32.9 Å². The lowest BCUT2D eigenvalue weighted by molar-refractivity contribution is -0.387. The molecule has 4 aromatic carbocycles. The molecule has 0 atom stereocenters. The maximum Gasteiger partial charge on any atom is 0.335 e. The molecule has 0 unspecified atom stereocenters. The van der Waals surface area contributed by atoms with Crippen molar-refractivity contribution in [3.8, 4) is 0 Å². The number of urea groups is 1. The number of nitro groups is 1. The quantitative estimate of drug-likeness (QED) is 0.0803. The Balaban J connectivity index is 1.25. The molecule has 0 spiro atoms. The molecular formula is C34H25N5O6S2. The van der Waals surface area contributed by atoms with Crippen molar-refractivity contribution in [2.75, 3.05) is 10.2 Å². The maximum atomic E-state index is 13.3. The Morgan fingerprint density at radius 3 is 2.49 bits per heavy atom. The van der Waals surface area contributed by atoms with Crippen LogP contribution in [0.2, 0.25) is 0 Å². The first-order valence-corrected chi connectivity index (χ1v) is 15.8. The molecule has 1 aromatic heterocycles. The Morgan fingerprint density at radius 1 is 0.957 bits per heavy atom. The molecule has 1 saturated heterocycles. The summed E-state index contributed by atoms with van der Waals surface area (Å²) in [5.41, 5.74) is 4.44. The highest BCUT2D eigenvalue weighted by Gasteiger charge is 2.37. The fourth-order valence-corrected chi connectivity index (χ4v) is 7.07. The molecule has 1 aliphatic rings. The van der Waals surface area contributed by atoms with Crippen molar-refractivity contribution in [1.82, 2.24) is 10.3 Å². The van der Waals surface area contributed by atoms with Gasteiger partial charge in [0, 0.05) is 17.3 Å². The summed E-state index contributed by atoms with van der Waals surface area (Å²) in [7, 11) is 0. The van der Waals surface area contributed by atoms with Gasteiger partial charge in [-0.25, -0.2) is 14.7 Å². The van der Waals surface area contributed by atoms with Gasteiger partial charge in [0.15, 0.2) is 4.34 Å². The van der Waals surface area contributed by atoms with Gasteiger partial charge in [-0.2, -0.15) is 0 Å². The smallest absolute Gasteiger partial charge is 0.322 e. The molecule has 234 valence electrons. The normalized spacial score (nSPS) is 14.1. The van der Waals surface area contributed by atoms with E-state index in [9.17, 15) is 29.3 Å². The number of fused-ring (bicyclic) bond motifs is 1. The van der Waals surface area contributed by atoms with Crippen molar-refractivity contribution >= 4 is 80.2 Å². The Bertz CT molecular complexity index is 2190. The van der Waals surface area contributed by atoms with E-state index >= 15 is 0 Å². The number of nitrogens with one attached hydrogen (secondary N) is 2. The molecule has 11 nitrogen and oxygen atoms in total. The number of imide groups is 2. The summed E-state index contributed by atoms with van der Waals surface area (Å²) >= 11 is 2.42. The van der Waals surface area contributed by atoms with Crippen LogP contribution in [0.1, 0.15) is 32.6 Å². The molecule has 5 aromatic rings. The molecule has 0 radical (unpaired) electrons. The third-order valence-electron chi connectivity index (χ3n) is 7.55. The summed E-state index contributed by atoms with van der Waals surface area (Å²) in [4.78, 5) is 68.7. The zero-order valence-electron chi connectivity index (χ0n) is 25.2. The number of carbonyl (C=O) groups is 4. The highest BCUT2D eigenvalue weighted by molar-refractivity contribution is 8.01. The number of hydrogen-bond acceptors (Lipinski definition) is 9. The van der Waals surface area contributed by atoms with Gasteiger partial charge in [-0.1, -0.05) is 42.1 Å². The number of rotatable bonds is 7. The van der Waals surface area contributed by atoms with Crippen LogP contribution in [0.25, 0.3) is 16.3 Å². The number of anilines is 2. The number of benzene rings is 4. The molecule has 0 bridgehead atoms. The van der Waals surface area contributed by atoms with Crippen LogP contribution in [-0.2, 0) is 9.59 Å². The van der Waals surface area contributed by atoms with Gasteiger partial charge in [0.05, 0.1) is 25.7 Å². The van der Waals surface area contributed by atoms with Crippen LogP contribution in [0.4, 0.5) is 21.9 Å². The minimum atomic E-state index is -0.898. The number of nitrogens with zero attached hydrogens (tertiary/aromatic N) is 3. The van der Waals surface area contributed by atoms with Crippen LogP contribution in [0, 0.1) is 30.9 Å². The first-order valence-electron chi connectivity index (χ1n) is 14.2. The predicted molar refractivity (Wildman–Crippen MR) is 181 cm³/mol. The maximum absolute atomic E-state index is 13.3. The number of thiazole rings is 1. The summed E-state index contributed by atoms with van der Waals surface area (Å²) in [6, 6.07) is 21.1. The average molecular weight is 664 g/mol. The number of aromatic nitrogens is 1. The van der Waals surface area contributed by atoms with Crippen LogP contribution < -0.4 is 15.5 Å². The topological polar surface area (TPSA) is 152 Å². The van der Waals surface area contributed by atoms with E-state index in [0.29, 0.717) is 31.7 Å². The Morgan fingerprint density at radius 2 is 1.74 bits per heavy atom. The third-order valence-corrected chi connectivity index (χ3v) is 9.70. The first-order chi connectivity index (χ1) is 22.5. The highest BCUT2D eigenvalue weighted by Crippen LogP contribution is 2.40. The van der Waals surface area contributed by atoms with Crippen molar-refractivity contribution in [2.45, 2.75) is 30.0 Å². The number of barbiturate groups is 1. The second-order valence-corrected chi connectivity index (χ2v) is 13.1. The lowest BCUT2D eigenvalue weighted by Gasteiger charge is -2.26. The van der Waals surface area contributed by atoms with E-state index in [1.165, 1.54) is 29.5 Å². The van der Waals surface area contributed by atoms with Crippen LogP contribution in [0.3, 0.4) is 0 Å². The Kier molecular flexibility index (Phi) is 8.41. The van der Waals surface area contributed by atoms with Gasteiger partial charge in [0.25, 0.3) is 23.4 Å². The summed E-state index contributed by atoms with van der Waals surface area (Å²) in [5.74, 6) is -1.97. The Hall–Kier alpha value is -5.66. The molecule has 2 heterocycles. The molecule has 0 aliphatic carbocycles. The van der Waals surface area contributed by atoms with E-state index in [0.717, 1.165) is 38.1 Å². The van der Waals surface area contributed by atoms with Crippen LogP contribution in [-0.4, -0.2) is 33.7 Å². The second kappa shape index (κ2) is 12.6. The highest BCUT2D eigenvalue weighted by atomic mass is 32.2. The molecule has 47 heavy (non-hydrogen) atoms. The van der Waals surface area contributed by atoms with E-state index in [1.54, 1.807) is 54.6 Å². The van der Waals surface area contributed by atoms with Gasteiger partial charge in [0.2, 0.25) is 0 Å². The van der Waals surface area contributed by atoms with E-state index < -0.39 is 22.8 Å². The minimum absolute atomic E-state index is 0.229. The van der Waals surface area contributed by atoms with Crippen molar-refractivity contribution in [2.24, 2.45) is 0 Å². The number of amides is 5. The fraction of sp³-hybridized carbons (Fsp3) is 0.0882. The lowest BCUT2D eigenvalue weighted by atomic mass is 10.0. The molecular weight excluding hydrogens is 639 g/mol. The molecule has 6 rings (SSSR count). The van der Waals surface area contributed by atoms with Crippen molar-refractivity contribution < 1.29 is 24.1 Å². The van der Waals surface area contributed by atoms with E-state index in [-0.39, 0.29) is 22.7 Å².